The van der Waals surface area contributed by atoms with E-state index in [1.165, 1.54) is 4.57 Å². The molecule has 1 aliphatic heterocycles. The maximum Gasteiger partial charge on any atom is 0.264 e. The molecule has 3 rings (SSSR count). The molecule has 7 heteroatoms. The number of amides is 1. The molecule has 1 saturated heterocycles. The lowest BCUT2D eigenvalue weighted by molar-refractivity contribution is 0.0938. The molecular formula is C20H27N5O2. The molecule has 0 aliphatic carbocycles. The van der Waals surface area contributed by atoms with Crippen LogP contribution in [0.2, 0.25) is 0 Å². The highest BCUT2D eigenvalue weighted by atomic mass is 16.2. The second-order valence-electron chi connectivity index (χ2n) is 7.09. The van der Waals surface area contributed by atoms with Crippen LogP contribution in [0.1, 0.15) is 47.1 Å². The van der Waals surface area contributed by atoms with Crippen molar-refractivity contribution in [1.82, 2.24) is 24.8 Å². The predicted molar refractivity (Wildman–Crippen MR) is 104 cm³/mol. The maximum atomic E-state index is 12.9. The lowest BCUT2D eigenvalue weighted by atomic mass is 10.1. The first-order valence-corrected chi connectivity index (χ1v) is 9.49. The highest BCUT2D eigenvalue weighted by Gasteiger charge is 2.24. The van der Waals surface area contributed by atoms with Gasteiger partial charge in [-0.15, -0.1) is 0 Å². The van der Waals surface area contributed by atoms with Gasteiger partial charge < -0.3 is 9.88 Å². The Bertz CT molecular complexity index is 860. The predicted octanol–water partition coefficient (Wildman–Crippen LogP) is 1.52. The summed E-state index contributed by atoms with van der Waals surface area (Å²) in [7, 11) is 0. The molecule has 0 radical (unpaired) electrons. The summed E-state index contributed by atoms with van der Waals surface area (Å²) in [5, 5.41) is 2.96. The van der Waals surface area contributed by atoms with Crippen LogP contribution in [-0.2, 0) is 6.54 Å². The Balaban J connectivity index is 1.75. The van der Waals surface area contributed by atoms with Crippen LogP contribution in [0.3, 0.4) is 0 Å². The molecule has 3 heterocycles. The van der Waals surface area contributed by atoms with Crippen LogP contribution >= 0.6 is 0 Å². The van der Waals surface area contributed by atoms with Crippen molar-refractivity contribution in [3.63, 3.8) is 0 Å². The van der Waals surface area contributed by atoms with Crippen molar-refractivity contribution in [1.29, 1.82) is 0 Å². The van der Waals surface area contributed by atoms with Crippen LogP contribution in [0.15, 0.2) is 29.5 Å². The van der Waals surface area contributed by atoms with Crippen molar-refractivity contribution in [2.45, 2.75) is 46.2 Å². The molecule has 7 nitrogen and oxygen atoms in total. The summed E-state index contributed by atoms with van der Waals surface area (Å²) in [4.78, 5) is 36.4. The van der Waals surface area contributed by atoms with Gasteiger partial charge in [-0.25, -0.2) is 0 Å². The number of likely N-dealkylation sites (tertiary alicyclic amines) is 1. The molecule has 0 bridgehead atoms. The van der Waals surface area contributed by atoms with Crippen LogP contribution in [0.25, 0.3) is 0 Å². The fourth-order valence-corrected chi connectivity index (χ4v) is 3.58. The molecule has 0 spiro atoms. The van der Waals surface area contributed by atoms with Gasteiger partial charge in [0.25, 0.3) is 11.5 Å². The standard InChI is InChI=1S/C20H27N5O2/c1-4-24-8-5-6-17(24)12-23-19(26)18-14(2)7-9-25(20(18)27)13-16-11-21-15(3)10-22-16/h7,9-11,17H,4-6,8,12-13H2,1-3H3,(H,23,26). The van der Waals surface area contributed by atoms with Crippen molar-refractivity contribution < 1.29 is 4.79 Å². The van der Waals surface area contributed by atoms with Gasteiger partial charge in [0.2, 0.25) is 0 Å². The van der Waals surface area contributed by atoms with E-state index in [0.29, 0.717) is 30.4 Å². The summed E-state index contributed by atoms with van der Waals surface area (Å²) in [6.45, 7) is 8.71. The average Bonchev–Trinajstić information content (AvgIpc) is 3.12. The number of pyridine rings is 1. The van der Waals surface area contributed by atoms with Gasteiger partial charge in [0.1, 0.15) is 5.56 Å². The van der Waals surface area contributed by atoms with Gasteiger partial charge in [-0.2, -0.15) is 0 Å². The lowest BCUT2D eigenvalue weighted by Gasteiger charge is -2.23. The van der Waals surface area contributed by atoms with Gasteiger partial charge >= 0.3 is 0 Å². The Morgan fingerprint density at radius 3 is 2.81 bits per heavy atom. The molecule has 1 atom stereocenters. The summed E-state index contributed by atoms with van der Waals surface area (Å²) in [5.41, 5.74) is 2.10. The van der Waals surface area contributed by atoms with E-state index in [0.717, 1.165) is 31.6 Å². The van der Waals surface area contributed by atoms with E-state index in [4.69, 9.17) is 0 Å². The van der Waals surface area contributed by atoms with Crippen LogP contribution in [0, 0.1) is 13.8 Å². The molecular weight excluding hydrogens is 342 g/mol. The molecule has 0 saturated carbocycles. The highest BCUT2D eigenvalue weighted by Crippen LogP contribution is 2.15. The molecule has 1 fully saturated rings. The minimum atomic E-state index is -0.301. The van der Waals surface area contributed by atoms with Crippen molar-refractivity contribution in [3.05, 3.63) is 57.5 Å². The minimum Gasteiger partial charge on any atom is -0.350 e. The SMILES string of the molecule is CCN1CCCC1CNC(=O)c1c(C)ccn(Cc2cnc(C)cn2)c1=O. The summed E-state index contributed by atoms with van der Waals surface area (Å²) < 4.78 is 1.51. The Morgan fingerprint density at radius 1 is 1.30 bits per heavy atom. The Labute approximate surface area is 159 Å². The Kier molecular flexibility index (Phi) is 6.01. The molecule has 0 aromatic carbocycles. The van der Waals surface area contributed by atoms with Crippen LogP contribution in [0.5, 0.6) is 0 Å². The third kappa shape index (κ3) is 4.42. The van der Waals surface area contributed by atoms with Crippen LogP contribution in [0.4, 0.5) is 0 Å². The van der Waals surface area contributed by atoms with Gasteiger partial charge in [-0.05, 0) is 51.4 Å². The summed E-state index contributed by atoms with van der Waals surface area (Å²) in [5.74, 6) is -0.301. The first kappa shape index (κ1) is 19.2. The number of hydrogen-bond donors (Lipinski definition) is 1. The van der Waals surface area contributed by atoms with Crippen molar-refractivity contribution in [3.8, 4) is 0 Å². The van der Waals surface area contributed by atoms with Gasteiger partial charge in [-0.1, -0.05) is 6.92 Å². The molecule has 2 aromatic rings. The molecule has 1 amide bonds. The number of carbonyl (C=O) groups excluding carboxylic acids is 1. The number of rotatable bonds is 6. The monoisotopic (exact) mass is 369 g/mol. The zero-order valence-electron chi connectivity index (χ0n) is 16.2. The van der Waals surface area contributed by atoms with Gasteiger partial charge in [0.15, 0.2) is 0 Å². The van der Waals surface area contributed by atoms with Gasteiger partial charge in [-0.3, -0.25) is 24.5 Å². The highest BCUT2D eigenvalue weighted by molar-refractivity contribution is 5.95. The number of aryl methyl sites for hydroxylation is 2. The van der Waals surface area contributed by atoms with E-state index in [1.54, 1.807) is 31.6 Å². The van der Waals surface area contributed by atoms with Crippen LogP contribution < -0.4 is 10.9 Å². The van der Waals surface area contributed by atoms with Gasteiger partial charge in [0, 0.05) is 25.0 Å². The number of hydrogen-bond acceptors (Lipinski definition) is 5. The molecule has 1 N–H and O–H groups in total. The third-order valence-electron chi connectivity index (χ3n) is 5.17. The molecule has 1 aliphatic rings. The molecule has 144 valence electrons. The number of aromatic nitrogens is 3. The third-order valence-corrected chi connectivity index (χ3v) is 5.17. The molecule has 2 aromatic heterocycles. The normalized spacial score (nSPS) is 17.2. The Hall–Kier alpha value is -2.54. The smallest absolute Gasteiger partial charge is 0.264 e. The molecule has 27 heavy (non-hydrogen) atoms. The number of nitrogens with zero attached hydrogens (tertiary/aromatic N) is 4. The van der Waals surface area contributed by atoms with Crippen molar-refractivity contribution in [2.75, 3.05) is 19.6 Å². The molecule has 1 unspecified atom stereocenters. The van der Waals surface area contributed by atoms with E-state index < -0.39 is 0 Å². The van der Waals surface area contributed by atoms with E-state index in [9.17, 15) is 9.59 Å². The van der Waals surface area contributed by atoms with Gasteiger partial charge in [0.05, 0.1) is 24.1 Å². The first-order valence-electron chi connectivity index (χ1n) is 9.49. The van der Waals surface area contributed by atoms with Crippen molar-refractivity contribution in [2.24, 2.45) is 0 Å². The maximum absolute atomic E-state index is 12.9. The van der Waals surface area contributed by atoms with Crippen LogP contribution in [-0.4, -0.2) is 51.0 Å². The largest absolute Gasteiger partial charge is 0.350 e. The number of carbonyl (C=O) groups is 1. The minimum absolute atomic E-state index is 0.207. The quantitative estimate of drug-likeness (QED) is 0.835. The second-order valence-corrected chi connectivity index (χ2v) is 7.09. The van der Waals surface area contributed by atoms with E-state index in [1.807, 2.05) is 6.92 Å². The zero-order valence-corrected chi connectivity index (χ0v) is 16.2. The fraction of sp³-hybridized carbons (Fsp3) is 0.500. The summed E-state index contributed by atoms with van der Waals surface area (Å²) in [6, 6.07) is 2.15. The lowest BCUT2D eigenvalue weighted by Crippen LogP contribution is -2.42. The Morgan fingerprint density at radius 2 is 2.11 bits per heavy atom. The second kappa shape index (κ2) is 8.43. The summed E-state index contributed by atoms with van der Waals surface area (Å²) >= 11 is 0. The number of likely N-dealkylation sites (N-methyl/N-ethyl adjacent to an activating group) is 1. The number of nitrogens with one attached hydrogen (secondary N) is 1. The van der Waals surface area contributed by atoms with E-state index in [2.05, 4.69) is 27.1 Å². The topological polar surface area (TPSA) is 80.1 Å². The average molecular weight is 369 g/mol. The fourth-order valence-electron chi connectivity index (χ4n) is 3.58. The zero-order chi connectivity index (χ0) is 19.4. The van der Waals surface area contributed by atoms with E-state index in [-0.39, 0.29) is 17.0 Å². The van der Waals surface area contributed by atoms with E-state index >= 15 is 0 Å². The summed E-state index contributed by atoms with van der Waals surface area (Å²) in [6.07, 6.45) is 7.26. The van der Waals surface area contributed by atoms with Crippen molar-refractivity contribution >= 4 is 5.91 Å². The first-order chi connectivity index (χ1) is 13.0.